The number of nitrogens with one attached hydrogen (secondary N) is 1. The molecular formula is C11H16ClN3O4. The predicted molar refractivity (Wildman–Crippen MR) is 70.1 cm³/mol. The molecule has 3 N–H and O–H groups in total. The Balaban J connectivity index is 3.07. The molecule has 0 saturated heterocycles. The maximum Gasteiger partial charge on any atom is 0.309 e. The van der Waals surface area contributed by atoms with Crippen LogP contribution in [-0.4, -0.2) is 39.8 Å². The molecule has 1 aromatic rings. The molecule has 0 fully saturated rings. The normalized spacial score (nSPS) is 14.2. The predicted octanol–water partition coefficient (Wildman–Crippen LogP) is 0.955. The number of nitrogens with zero attached hydrogens (tertiary/aromatic N) is 2. The van der Waals surface area contributed by atoms with Crippen LogP contribution in [0.4, 0.5) is 5.69 Å². The van der Waals surface area contributed by atoms with Gasteiger partial charge in [-0.15, -0.1) is 0 Å². The molecular weight excluding hydrogens is 274 g/mol. The third-order valence-electron chi connectivity index (χ3n) is 2.86. The van der Waals surface area contributed by atoms with Gasteiger partial charge in [0.25, 0.3) is 0 Å². The highest BCUT2D eigenvalue weighted by Crippen LogP contribution is 2.32. The summed E-state index contributed by atoms with van der Waals surface area (Å²) < 4.78 is 0. The summed E-state index contributed by atoms with van der Waals surface area (Å²) >= 11 is 5.66. The Bertz CT molecular complexity index is 469. The Morgan fingerprint density at radius 3 is 2.74 bits per heavy atom. The first kappa shape index (κ1) is 15.8. The van der Waals surface area contributed by atoms with Crippen molar-refractivity contribution >= 4 is 17.3 Å². The number of rotatable bonds is 6. The summed E-state index contributed by atoms with van der Waals surface area (Å²) in [5.74, 6) is 0. The van der Waals surface area contributed by atoms with Crippen LogP contribution in [0.3, 0.4) is 0 Å². The molecule has 0 aliphatic rings. The first-order valence-electron chi connectivity index (χ1n) is 5.70. The van der Waals surface area contributed by atoms with Gasteiger partial charge < -0.3 is 15.5 Å². The monoisotopic (exact) mass is 289 g/mol. The Hall–Kier alpha value is -1.28. The average Bonchev–Trinajstić information content (AvgIpc) is 2.34. The quantitative estimate of drug-likeness (QED) is 0.409. The minimum absolute atomic E-state index is 0.208. The zero-order valence-corrected chi connectivity index (χ0v) is 11.4. The number of aliphatic hydroxyl groups excluding tert-OH is 2. The highest BCUT2D eigenvalue weighted by molar-refractivity contribution is 6.31. The van der Waals surface area contributed by atoms with Crippen molar-refractivity contribution in [3.05, 3.63) is 32.6 Å². The molecule has 1 aromatic heterocycles. The van der Waals surface area contributed by atoms with Gasteiger partial charge in [0.2, 0.25) is 5.15 Å². The zero-order valence-electron chi connectivity index (χ0n) is 10.6. The van der Waals surface area contributed by atoms with Crippen molar-refractivity contribution in [3.8, 4) is 0 Å². The standard InChI is InChI=1S/C11H16ClN3O4/c1-6-7(10(17)8(16)3-4-13-2)5-14-11(12)9(6)15(18)19/h5,8,10,13,16-17H,3-4H2,1-2H3. The number of aliphatic hydroxyl groups is 2. The summed E-state index contributed by atoms with van der Waals surface area (Å²) in [6.07, 6.45) is -0.712. The van der Waals surface area contributed by atoms with Crippen LogP contribution < -0.4 is 5.32 Å². The highest BCUT2D eigenvalue weighted by Gasteiger charge is 2.27. The van der Waals surface area contributed by atoms with E-state index in [4.69, 9.17) is 11.6 Å². The van der Waals surface area contributed by atoms with Crippen LogP contribution in [-0.2, 0) is 0 Å². The summed E-state index contributed by atoms with van der Waals surface area (Å²) in [5, 5.41) is 33.3. The molecule has 0 aliphatic carbocycles. The number of hydrogen-bond donors (Lipinski definition) is 3. The topological polar surface area (TPSA) is 109 Å². The van der Waals surface area contributed by atoms with Crippen LogP contribution in [0.25, 0.3) is 0 Å². The highest BCUT2D eigenvalue weighted by atomic mass is 35.5. The van der Waals surface area contributed by atoms with E-state index in [2.05, 4.69) is 10.3 Å². The molecule has 0 aliphatic heterocycles. The molecule has 1 heterocycles. The van der Waals surface area contributed by atoms with Gasteiger partial charge in [-0.3, -0.25) is 10.1 Å². The molecule has 0 amide bonds. The van der Waals surface area contributed by atoms with Gasteiger partial charge in [0, 0.05) is 17.3 Å². The van der Waals surface area contributed by atoms with Gasteiger partial charge in [-0.05, 0) is 26.9 Å². The van der Waals surface area contributed by atoms with Gasteiger partial charge in [-0.25, -0.2) is 4.98 Å². The molecule has 8 heteroatoms. The van der Waals surface area contributed by atoms with Gasteiger partial charge in [0.1, 0.15) is 6.10 Å². The van der Waals surface area contributed by atoms with Crippen molar-refractivity contribution in [2.45, 2.75) is 25.6 Å². The van der Waals surface area contributed by atoms with Crippen molar-refractivity contribution in [3.63, 3.8) is 0 Å². The molecule has 2 unspecified atom stereocenters. The van der Waals surface area contributed by atoms with Crippen molar-refractivity contribution in [1.29, 1.82) is 0 Å². The first-order chi connectivity index (χ1) is 8.90. The number of halogens is 1. The maximum atomic E-state index is 10.9. The third kappa shape index (κ3) is 3.60. The number of aromatic nitrogens is 1. The zero-order chi connectivity index (χ0) is 14.6. The van der Waals surface area contributed by atoms with Crippen molar-refractivity contribution in [1.82, 2.24) is 10.3 Å². The molecule has 0 saturated carbocycles. The molecule has 1 rings (SSSR count). The first-order valence-corrected chi connectivity index (χ1v) is 6.08. The second-order valence-corrected chi connectivity index (χ2v) is 4.50. The molecule has 2 atom stereocenters. The lowest BCUT2D eigenvalue weighted by Crippen LogP contribution is -2.24. The van der Waals surface area contributed by atoms with Crippen LogP contribution in [0.1, 0.15) is 23.7 Å². The molecule has 19 heavy (non-hydrogen) atoms. The lowest BCUT2D eigenvalue weighted by molar-refractivity contribution is -0.385. The summed E-state index contributed by atoms with van der Waals surface area (Å²) in [6, 6.07) is 0. The van der Waals surface area contributed by atoms with Gasteiger partial charge in [-0.2, -0.15) is 0 Å². The van der Waals surface area contributed by atoms with E-state index in [1.165, 1.54) is 13.1 Å². The SMILES string of the molecule is CNCCC(O)C(O)c1cnc(Cl)c([N+](=O)[O-])c1C. The van der Waals surface area contributed by atoms with Crippen molar-refractivity contribution < 1.29 is 15.1 Å². The summed E-state index contributed by atoms with van der Waals surface area (Å²) in [7, 11) is 1.72. The second-order valence-electron chi connectivity index (χ2n) is 4.14. The largest absolute Gasteiger partial charge is 0.390 e. The Morgan fingerprint density at radius 2 is 2.21 bits per heavy atom. The minimum Gasteiger partial charge on any atom is -0.390 e. The maximum absolute atomic E-state index is 10.9. The van der Waals surface area contributed by atoms with Gasteiger partial charge >= 0.3 is 5.69 Å². The molecule has 0 aromatic carbocycles. The van der Waals surface area contributed by atoms with Gasteiger partial charge in [-0.1, -0.05) is 11.6 Å². The van der Waals surface area contributed by atoms with Gasteiger partial charge in [0.05, 0.1) is 11.0 Å². The minimum atomic E-state index is -1.24. The molecule has 106 valence electrons. The molecule has 0 radical (unpaired) electrons. The van der Waals surface area contributed by atoms with E-state index in [0.29, 0.717) is 13.0 Å². The average molecular weight is 290 g/mol. The Kier molecular flexibility index (Phi) is 5.61. The number of hydrogen-bond acceptors (Lipinski definition) is 6. The van der Waals surface area contributed by atoms with Crippen LogP contribution in [0.2, 0.25) is 5.15 Å². The Labute approximate surface area is 115 Å². The fourth-order valence-corrected chi connectivity index (χ4v) is 2.00. The van der Waals surface area contributed by atoms with E-state index >= 15 is 0 Å². The lowest BCUT2D eigenvalue weighted by Gasteiger charge is -2.19. The van der Waals surface area contributed by atoms with E-state index in [1.807, 2.05) is 0 Å². The lowest BCUT2D eigenvalue weighted by atomic mass is 9.99. The molecule has 7 nitrogen and oxygen atoms in total. The summed E-state index contributed by atoms with van der Waals surface area (Å²) in [6.45, 7) is 1.98. The smallest absolute Gasteiger partial charge is 0.309 e. The van der Waals surface area contributed by atoms with E-state index in [0.717, 1.165) is 0 Å². The van der Waals surface area contributed by atoms with Crippen LogP contribution >= 0.6 is 11.6 Å². The third-order valence-corrected chi connectivity index (χ3v) is 3.13. The van der Waals surface area contributed by atoms with Crippen molar-refractivity contribution in [2.75, 3.05) is 13.6 Å². The van der Waals surface area contributed by atoms with E-state index in [-0.39, 0.29) is 22.0 Å². The van der Waals surface area contributed by atoms with E-state index in [9.17, 15) is 20.3 Å². The summed E-state index contributed by atoms with van der Waals surface area (Å²) in [4.78, 5) is 13.9. The van der Waals surface area contributed by atoms with E-state index < -0.39 is 17.1 Å². The van der Waals surface area contributed by atoms with Gasteiger partial charge in [0.15, 0.2) is 0 Å². The molecule has 0 bridgehead atoms. The Morgan fingerprint density at radius 1 is 1.58 bits per heavy atom. The van der Waals surface area contributed by atoms with Crippen LogP contribution in [0.15, 0.2) is 6.20 Å². The number of pyridine rings is 1. The number of nitro groups is 1. The second kappa shape index (κ2) is 6.76. The fraction of sp³-hybridized carbons (Fsp3) is 0.545. The fourth-order valence-electron chi connectivity index (χ4n) is 1.74. The van der Waals surface area contributed by atoms with Crippen LogP contribution in [0.5, 0.6) is 0 Å². The molecule has 0 spiro atoms. The van der Waals surface area contributed by atoms with Crippen LogP contribution in [0, 0.1) is 17.0 Å². The summed E-state index contributed by atoms with van der Waals surface area (Å²) in [5.41, 5.74) is 0.0692. The van der Waals surface area contributed by atoms with E-state index in [1.54, 1.807) is 7.05 Å². The van der Waals surface area contributed by atoms with Crippen molar-refractivity contribution in [2.24, 2.45) is 0 Å².